The number of esters is 1. The maximum absolute atomic E-state index is 12.6. The summed E-state index contributed by atoms with van der Waals surface area (Å²) in [7, 11) is 1.27. The summed E-state index contributed by atoms with van der Waals surface area (Å²) in [5.74, 6) is -1.46. The number of hydrogen-bond acceptors (Lipinski definition) is 5. The second kappa shape index (κ2) is 9.58. The number of carbonyl (C=O) groups excluding carboxylic acids is 2. The SMILES string of the molecule is COC(=O)C(Cc1ccc(C2=CCNCC2)cc1)NC(=O)c1c(O)cccc1Cl. The van der Waals surface area contributed by atoms with E-state index in [0.29, 0.717) is 0 Å². The van der Waals surface area contributed by atoms with Crippen molar-refractivity contribution in [2.45, 2.75) is 18.9 Å². The number of phenolic OH excluding ortho intramolecular Hbond substituents is 1. The third kappa shape index (κ3) is 5.16. The van der Waals surface area contributed by atoms with E-state index in [1.807, 2.05) is 24.3 Å². The van der Waals surface area contributed by atoms with E-state index in [1.165, 1.54) is 30.9 Å². The van der Waals surface area contributed by atoms with Gasteiger partial charge in [0.1, 0.15) is 11.8 Å². The van der Waals surface area contributed by atoms with Crippen LogP contribution < -0.4 is 10.6 Å². The van der Waals surface area contributed by atoms with Gasteiger partial charge in [-0.2, -0.15) is 0 Å². The molecule has 3 rings (SSSR count). The molecule has 1 atom stereocenters. The third-order valence-electron chi connectivity index (χ3n) is 4.84. The molecule has 7 heteroatoms. The zero-order valence-corrected chi connectivity index (χ0v) is 16.8. The van der Waals surface area contributed by atoms with Crippen LogP contribution in [0.4, 0.5) is 0 Å². The lowest BCUT2D eigenvalue weighted by molar-refractivity contribution is -0.142. The molecule has 3 N–H and O–H groups in total. The van der Waals surface area contributed by atoms with Crippen molar-refractivity contribution in [1.29, 1.82) is 0 Å². The average Bonchev–Trinajstić information content (AvgIpc) is 2.73. The van der Waals surface area contributed by atoms with Crippen LogP contribution >= 0.6 is 11.6 Å². The largest absolute Gasteiger partial charge is 0.507 e. The van der Waals surface area contributed by atoms with E-state index in [1.54, 1.807) is 0 Å². The summed E-state index contributed by atoms with van der Waals surface area (Å²) < 4.78 is 4.84. The standard InChI is InChI=1S/C22H23ClN2O4/c1-29-22(28)18(25-21(27)20-17(23)3-2-4-19(20)26)13-14-5-7-15(8-6-14)16-9-11-24-12-10-16/h2-9,18,24,26H,10-13H2,1H3,(H,25,27). The highest BCUT2D eigenvalue weighted by Gasteiger charge is 2.25. The van der Waals surface area contributed by atoms with Crippen molar-refractivity contribution in [3.63, 3.8) is 0 Å². The quantitative estimate of drug-likeness (QED) is 0.632. The number of halogens is 1. The van der Waals surface area contributed by atoms with Gasteiger partial charge in [0.05, 0.1) is 17.7 Å². The first-order chi connectivity index (χ1) is 14.0. The second-order valence-electron chi connectivity index (χ2n) is 6.77. The number of rotatable bonds is 6. The highest BCUT2D eigenvalue weighted by molar-refractivity contribution is 6.34. The van der Waals surface area contributed by atoms with Crippen molar-refractivity contribution >= 4 is 29.1 Å². The van der Waals surface area contributed by atoms with Gasteiger partial charge in [-0.1, -0.05) is 48.0 Å². The summed E-state index contributed by atoms with van der Waals surface area (Å²) in [6.45, 7) is 1.82. The molecule has 2 aromatic carbocycles. The second-order valence-corrected chi connectivity index (χ2v) is 7.17. The van der Waals surface area contributed by atoms with E-state index >= 15 is 0 Å². The molecule has 0 bridgehead atoms. The first-order valence-electron chi connectivity index (χ1n) is 9.35. The highest BCUT2D eigenvalue weighted by Crippen LogP contribution is 2.25. The van der Waals surface area contributed by atoms with Crippen molar-refractivity contribution < 1.29 is 19.4 Å². The van der Waals surface area contributed by atoms with Gasteiger partial charge in [-0.25, -0.2) is 4.79 Å². The lowest BCUT2D eigenvalue weighted by atomic mass is 9.97. The van der Waals surface area contributed by atoms with Crippen LogP contribution in [0.2, 0.25) is 5.02 Å². The summed E-state index contributed by atoms with van der Waals surface area (Å²) >= 11 is 6.03. The summed E-state index contributed by atoms with van der Waals surface area (Å²) in [6, 6.07) is 11.4. The number of ether oxygens (including phenoxy) is 1. The topological polar surface area (TPSA) is 87.7 Å². The van der Waals surface area contributed by atoms with Crippen molar-refractivity contribution in [2.24, 2.45) is 0 Å². The summed E-state index contributed by atoms with van der Waals surface area (Å²) in [6.07, 6.45) is 3.40. The van der Waals surface area contributed by atoms with Crippen LogP contribution in [-0.2, 0) is 16.0 Å². The fourth-order valence-electron chi connectivity index (χ4n) is 3.28. The fourth-order valence-corrected chi connectivity index (χ4v) is 3.53. The van der Waals surface area contributed by atoms with Gasteiger partial charge in [0.2, 0.25) is 0 Å². The molecule has 0 radical (unpaired) electrons. The molecule has 29 heavy (non-hydrogen) atoms. The van der Waals surface area contributed by atoms with Crippen LogP contribution in [-0.4, -0.2) is 43.2 Å². The van der Waals surface area contributed by atoms with Gasteiger partial charge in [0, 0.05) is 13.0 Å². The Morgan fingerprint density at radius 1 is 1.24 bits per heavy atom. The lowest BCUT2D eigenvalue weighted by Crippen LogP contribution is -2.43. The minimum atomic E-state index is -0.910. The van der Waals surface area contributed by atoms with Crippen LogP contribution in [0.3, 0.4) is 0 Å². The Labute approximate surface area is 174 Å². The van der Waals surface area contributed by atoms with Gasteiger partial charge in [0.25, 0.3) is 5.91 Å². The van der Waals surface area contributed by atoms with Crippen LogP contribution in [0, 0.1) is 0 Å². The fraction of sp³-hybridized carbons (Fsp3) is 0.273. The van der Waals surface area contributed by atoms with Crippen molar-refractivity contribution in [2.75, 3.05) is 20.2 Å². The van der Waals surface area contributed by atoms with Crippen LogP contribution in [0.5, 0.6) is 5.75 Å². The molecule has 0 fully saturated rings. The summed E-state index contributed by atoms with van der Waals surface area (Å²) in [4.78, 5) is 24.8. The molecule has 0 saturated heterocycles. The Balaban J connectivity index is 1.75. The van der Waals surface area contributed by atoms with Gasteiger partial charge in [0.15, 0.2) is 0 Å². The number of amides is 1. The predicted molar refractivity (Wildman–Crippen MR) is 112 cm³/mol. The third-order valence-corrected chi connectivity index (χ3v) is 5.15. The maximum Gasteiger partial charge on any atom is 0.328 e. The average molecular weight is 415 g/mol. The van der Waals surface area contributed by atoms with E-state index in [0.717, 1.165) is 30.6 Å². The number of methoxy groups -OCH3 is 1. The van der Waals surface area contributed by atoms with Crippen LogP contribution in [0.1, 0.15) is 27.9 Å². The number of hydrogen-bond donors (Lipinski definition) is 3. The highest BCUT2D eigenvalue weighted by atomic mass is 35.5. The van der Waals surface area contributed by atoms with Gasteiger partial charge in [-0.15, -0.1) is 0 Å². The minimum absolute atomic E-state index is 0.0729. The molecule has 0 aliphatic carbocycles. The molecule has 152 valence electrons. The van der Waals surface area contributed by atoms with Gasteiger partial charge in [-0.3, -0.25) is 4.79 Å². The lowest BCUT2D eigenvalue weighted by Gasteiger charge is -2.18. The Morgan fingerprint density at radius 3 is 2.62 bits per heavy atom. The monoisotopic (exact) mass is 414 g/mol. The van der Waals surface area contributed by atoms with E-state index < -0.39 is 17.9 Å². The molecular formula is C22H23ClN2O4. The van der Waals surface area contributed by atoms with Crippen LogP contribution in [0.25, 0.3) is 5.57 Å². The first-order valence-corrected chi connectivity index (χ1v) is 9.72. The van der Waals surface area contributed by atoms with Gasteiger partial charge < -0.3 is 20.5 Å². The Morgan fingerprint density at radius 2 is 2.00 bits per heavy atom. The maximum atomic E-state index is 12.6. The smallest absolute Gasteiger partial charge is 0.328 e. The molecule has 0 spiro atoms. The number of aromatic hydroxyl groups is 1. The molecule has 1 unspecified atom stereocenters. The molecule has 1 aliphatic heterocycles. The predicted octanol–water partition coefficient (Wildman–Crippen LogP) is 2.94. The van der Waals surface area contributed by atoms with Crippen LogP contribution in [0.15, 0.2) is 48.5 Å². The van der Waals surface area contributed by atoms with Crippen molar-refractivity contribution in [3.8, 4) is 5.75 Å². The molecule has 1 heterocycles. The van der Waals surface area contributed by atoms with E-state index in [4.69, 9.17) is 16.3 Å². The number of benzene rings is 2. The summed E-state index contributed by atoms with van der Waals surface area (Å²) in [5, 5.41) is 15.9. The van der Waals surface area contributed by atoms with Crippen molar-refractivity contribution in [3.05, 3.63) is 70.3 Å². The molecule has 0 aromatic heterocycles. The normalized spacial score (nSPS) is 14.6. The minimum Gasteiger partial charge on any atom is -0.507 e. The Hall–Kier alpha value is -2.83. The number of phenols is 1. The zero-order chi connectivity index (χ0) is 20.8. The Kier molecular flexibility index (Phi) is 6.90. The first kappa shape index (κ1) is 20.9. The molecule has 2 aromatic rings. The van der Waals surface area contributed by atoms with Crippen molar-refractivity contribution in [1.82, 2.24) is 10.6 Å². The molecule has 1 amide bonds. The van der Waals surface area contributed by atoms with E-state index in [-0.39, 0.29) is 22.8 Å². The molecule has 1 aliphatic rings. The van der Waals surface area contributed by atoms with Gasteiger partial charge >= 0.3 is 5.97 Å². The molecular weight excluding hydrogens is 392 g/mol. The van der Waals surface area contributed by atoms with E-state index in [2.05, 4.69) is 16.7 Å². The number of nitrogens with one attached hydrogen (secondary N) is 2. The summed E-state index contributed by atoms with van der Waals surface area (Å²) in [5.41, 5.74) is 3.25. The molecule has 6 nitrogen and oxygen atoms in total. The van der Waals surface area contributed by atoms with Gasteiger partial charge in [-0.05, 0) is 41.8 Å². The zero-order valence-electron chi connectivity index (χ0n) is 16.1. The molecule has 0 saturated carbocycles. The number of carbonyl (C=O) groups is 2. The van der Waals surface area contributed by atoms with E-state index in [9.17, 15) is 14.7 Å². The Bertz CT molecular complexity index is 905.